The second-order valence-corrected chi connectivity index (χ2v) is 5.63. The number of pyridine rings is 1. The fourth-order valence-corrected chi connectivity index (χ4v) is 2.95. The first kappa shape index (κ1) is 13.2. The van der Waals surface area contributed by atoms with Gasteiger partial charge in [0.1, 0.15) is 23.1 Å². The monoisotopic (exact) mass is 288 g/mol. The van der Waals surface area contributed by atoms with Gasteiger partial charge in [0.15, 0.2) is 0 Å². The average Bonchev–Trinajstić information content (AvgIpc) is 3.19. The molecule has 1 atom stereocenters. The van der Waals surface area contributed by atoms with Gasteiger partial charge < -0.3 is 10.0 Å². The second kappa shape index (κ2) is 4.94. The van der Waals surface area contributed by atoms with E-state index in [0.29, 0.717) is 36.5 Å². The van der Waals surface area contributed by atoms with E-state index < -0.39 is 6.10 Å². The molecular weight excluding hydrogens is 276 g/mol. The summed E-state index contributed by atoms with van der Waals surface area (Å²) in [6.45, 7) is 1.10. The van der Waals surface area contributed by atoms with Gasteiger partial charge in [0, 0.05) is 13.1 Å². The van der Waals surface area contributed by atoms with Gasteiger partial charge in [-0.15, -0.1) is 0 Å². The van der Waals surface area contributed by atoms with Crippen molar-refractivity contribution in [2.24, 2.45) is 0 Å². The summed E-state index contributed by atoms with van der Waals surface area (Å²) in [7, 11) is 0. The molecule has 1 saturated carbocycles. The zero-order valence-corrected chi connectivity index (χ0v) is 11.6. The highest BCUT2D eigenvalue weighted by Crippen LogP contribution is 2.46. The predicted octanol–water partition coefficient (Wildman–Crippen LogP) is 1.93. The van der Waals surface area contributed by atoms with Crippen LogP contribution in [0.25, 0.3) is 0 Å². The van der Waals surface area contributed by atoms with Gasteiger partial charge in [-0.05, 0) is 30.7 Å². The molecule has 6 heteroatoms. The Morgan fingerprint density at radius 1 is 1.20 bits per heavy atom. The molecule has 1 aromatic heterocycles. The number of hydrogen-bond donors (Lipinski definition) is 1. The molecule has 1 saturated heterocycles. The number of aliphatic hydroxyl groups excluding tert-OH is 1. The molecule has 0 amide bonds. The highest BCUT2D eigenvalue weighted by atomic mass is 35.5. The molecule has 1 N–H and O–H groups in total. The van der Waals surface area contributed by atoms with Crippen molar-refractivity contribution < 1.29 is 5.11 Å². The van der Waals surface area contributed by atoms with E-state index in [1.54, 1.807) is 0 Å². The van der Waals surface area contributed by atoms with Gasteiger partial charge in [0.05, 0.1) is 17.2 Å². The number of halogens is 1. The van der Waals surface area contributed by atoms with Gasteiger partial charge >= 0.3 is 0 Å². The molecule has 2 fully saturated rings. The van der Waals surface area contributed by atoms with Gasteiger partial charge in [-0.2, -0.15) is 10.5 Å². The van der Waals surface area contributed by atoms with Crippen LogP contribution >= 0.6 is 11.6 Å². The van der Waals surface area contributed by atoms with Crippen LogP contribution in [0, 0.1) is 22.7 Å². The van der Waals surface area contributed by atoms with Crippen molar-refractivity contribution in [3.05, 3.63) is 21.8 Å². The number of hydrogen-bond acceptors (Lipinski definition) is 5. The lowest BCUT2D eigenvalue weighted by Crippen LogP contribution is -2.24. The van der Waals surface area contributed by atoms with Crippen molar-refractivity contribution >= 4 is 17.4 Å². The van der Waals surface area contributed by atoms with Gasteiger partial charge in [-0.3, -0.25) is 0 Å². The molecule has 0 spiro atoms. The number of β-amino-alcohol motifs (C(OH)–C–C–N with tert-alkyl or cyclic N) is 1. The molecule has 2 heterocycles. The molecule has 1 aliphatic carbocycles. The fraction of sp³-hybridized carbons (Fsp3) is 0.500. The smallest absolute Gasteiger partial charge is 0.149 e. The van der Waals surface area contributed by atoms with Gasteiger partial charge in [0.25, 0.3) is 0 Å². The van der Waals surface area contributed by atoms with Crippen LogP contribution in [0.5, 0.6) is 0 Å². The summed E-state index contributed by atoms with van der Waals surface area (Å²) >= 11 is 6.12. The maximum atomic E-state index is 9.65. The van der Waals surface area contributed by atoms with Crippen LogP contribution in [-0.4, -0.2) is 29.3 Å². The molecule has 0 aromatic carbocycles. The number of nitriles is 2. The van der Waals surface area contributed by atoms with Crippen molar-refractivity contribution in [3.8, 4) is 12.1 Å². The zero-order chi connectivity index (χ0) is 14.3. The second-order valence-electron chi connectivity index (χ2n) is 5.28. The van der Waals surface area contributed by atoms with Crippen molar-refractivity contribution in [1.29, 1.82) is 10.5 Å². The zero-order valence-electron chi connectivity index (χ0n) is 10.8. The Hall–Kier alpha value is -1.82. The van der Waals surface area contributed by atoms with E-state index in [0.717, 1.165) is 18.4 Å². The van der Waals surface area contributed by atoms with Crippen LogP contribution in [0.3, 0.4) is 0 Å². The minimum absolute atomic E-state index is 0.157. The molecule has 0 radical (unpaired) electrons. The minimum Gasteiger partial charge on any atom is -0.391 e. The molecule has 0 bridgehead atoms. The van der Waals surface area contributed by atoms with E-state index in [2.05, 4.69) is 17.1 Å². The fourth-order valence-electron chi connectivity index (χ4n) is 2.72. The largest absolute Gasteiger partial charge is 0.391 e. The normalized spacial score (nSPS) is 21.6. The van der Waals surface area contributed by atoms with Crippen LogP contribution in [-0.2, 0) is 0 Å². The summed E-state index contributed by atoms with van der Waals surface area (Å²) < 4.78 is 0. The Kier molecular flexibility index (Phi) is 3.25. The molecule has 102 valence electrons. The van der Waals surface area contributed by atoms with Crippen LogP contribution in [0.4, 0.5) is 5.82 Å². The summed E-state index contributed by atoms with van der Waals surface area (Å²) in [5.74, 6) is 0.751. The molecule has 1 aliphatic heterocycles. The lowest BCUT2D eigenvalue weighted by molar-refractivity contribution is 0.198. The third-order valence-electron chi connectivity index (χ3n) is 3.84. The third-order valence-corrected chi connectivity index (χ3v) is 4.12. The first-order valence-corrected chi connectivity index (χ1v) is 7.00. The molecule has 2 aliphatic rings. The van der Waals surface area contributed by atoms with Crippen molar-refractivity contribution in [1.82, 2.24) is 4.98 Å². The third kappa shape index (κ3) is 2.10. The number of aromatic nitrogens is 1. The first-order chi connectivity index (χ1) is 9.65. The van der Waals surface area contributed by atoms with Crippen molar-refractivity contribution in [3.63, 3.8) is 0 Å². The number of aliphatic hydroxyl groups is 1. The first-order valence-electron chi connectivity index (χ1n) is 6.62. The summed E-state index contributed by atoms with van der Waals surface area (Å²) in [4.78, 5) is 6.11. The van der Waals surface area contributed by atoms with E-state index in [4.69, 9.17) is 11.6 Å². The predicted molar refractivity (Wildman–Crippen MR) is 73.5 cm³/mol. The average molecular weight is 289 g/mol. The van der Waals surface area contributed by atoms with Crippen LogP contribution < -0.4 is 4.90 Å². The molecule has 5 nitrogen and oxygen atoms in total. The summed E-state index contributed by atoms with van der Waals surface area (Å²) in [6.07, 6.45) is 2.21. The lowest BCUT2D eigenvalue weighted by Gasteiger charge is -2.20. The quantitative estimate of drug-likeness (QED) is 0.841. The summed E-state index contributed by atoms with van der Waals surface area (Å²) in [5, 5.41) is 28.5. The Balaban J connectivity index is 2.16. The molecule has 0 unspecified atom stereocenters. The molecule has 3 rings (SSSR count). The van der Waals surface area contributed by atoms with E-state index >= 15 is 0 Å². The summed E-state index contributed by atoms with van der Waals surface area (Å²) in [5.41, 5.74) is 1.52. The van der Waals surface area contributed by atoms with E-state index in [1.165, 1.54) is 0 Å². The van der Waals surface area contributed by atoms with Crippen LogP contribution in [0.2, 0.25) is 5.15 Å². The van der Waals surface area contributed by atoms with Crippen molar-refractivity contribution in [2.45, 2.75) is 31.3 Å². The Labute approximate surface area is 122 Å². The highest BCUT2D eigenvalue weighted by molar-refractivity contribution is 6.30. The Bertz CT molecular complexity index is 642. The molecular formula is C14H13ClN4O. The summed E-state index contributed by atoms with van der Waals surface area (Å²) in [6, 6.07) is 4.26. The van der Waals surface area contributed by atoms with E-state index in [9.17, 15) is 15.6 Å². The Morgan fingerprint density at radius 2 is 1.90 bits per heavy atom. The molecule has 20 heavy (non-hydrogen) atoms. The van der Waals surface area contributed by atoms with Crippen LogP contribution in [0.1, 0.15) is 41.9 Å². The van der Waals surface area contributed by atoms with Gasteiger partial charge in [-0.25, -0.2) is 4.98 Å². The molecule has 1 aromatic rings. The number of anilines is 1. The Morgan fingerprint density at radius 3 is 2.40 bits per heavy atom. The van der Waals surface area contributed by atoms with E-state index in [1.807, 2.05) is 4.90 Å². The number of nitrogens with zero attached hydrogens (tertiary/aromatic N) is 4. The minimum atomic E-state index is -0.401. The lowest BCUT2D eigenvalue weighted by atomic mass is 10.00. The van der Waals surface area contributed by atoms with Gasteiger partial charge in [-0.1, -0.05) is 11.6 Å². The maximum absolute atomic E-state index is 9.65. The standard InChI is InChI=1S/C14H13ClN4O/c15-13-10(5-16)12(8-1-2-8)11(6-17)14(18-13)19-4-3-9(20)7-19/h8-9,20H,1-4,7H2/t9-/m0/s1. The van der Waals surface area contributed by atoms with E-state index in [-0.39, 0.29) is 11.1 Å². The number of rotatable bonds is 2. The SMILES string of the molecule is N#Cc1c(Cl)nc(N2CC[C@H](O)C2)c(C#N)c1C1CC1. The van der Waals surface area contributed by atoms with Crippen LogP contribution in [0.15, 0.2) is 0 Å². The topological polar surface area (TPSA) is 83.9 Å². The highest BCUT2D eigenvalue weighted by Gasteiger charge is 2.34. The van der Waals surface area contributed by atoms with Crippen molar-refractivity contribution in [2.75, 3.05) is 18.0 Å². The van der Waals surface area contributed by atoms with Gasteiger partial charge in [0.2, 0.25) is 0 Å². The maximum Gasteiger partial charge on any atom is 0.149 e.